The zero-order chi connectivity index (χ0) is 24.3. The maximum absolute atomic E-state index is 9.17. The van der Waals surface area contributed by atoms with E-state index in [9.17, 15) is 0 Å². The number of fused-ring (bicyclic) bond motifs is 5. The molecule has 6 nitrogen and oxygen atoms in total. The summed E-state index contributed by atoms with van der Waals surface area (Å²) in [5.74, 6) is 0.982. The minimum absolute atomic E-state index is 0.466. The number of aryl methyl sites for hydroxylation is 1. The lowest BCUT2D eigenvalue weighted by atomic mass is 10.1. The summed E-state index contributed by atoms with van der Waals surface area (Å²) < 4.78 is 4.64. The first-order chi connectivity index (χ1) is 16.9. The van der Waals surface area contributed by atoms with E-state index in [4.69, 9.17) is 10.2 Å². The van der Waals surface area contributed by atoms with E-state index in [-0.39, 0.29) is 0 Å². The Bertz CT molecular complexity index is 1460. The first kappa shape index (κ1) is 21.7. The average molecular weight is 463 g/mol. The van der Waals surface area contributed by atoms with Crippen molar-refractivity contribution >= 4 is 5.69 Å². The summed E-state index contributed by atoms with van der Waals surface area (Å²) in [4.78, 5) is 7.50. The van der Waals surface area contributed by atoms with E-state index in [2.05, 4.69) is 83.6 Å². The second kappa shape index (κ2) is 8.14. The van der Waals surface area contributed by atoms with Crippen LogP contribution in [0.3, 0.4) is 0 Å². The maximum Gasteiger partial charge on any atom is 0.161 e. The number of hydrogen-bond acceptors (Lipinski definition) is 4. The number of anilines is 1. The summed E-state index contributed by atoms with van der Waals surface area (Å²) in [6.07, 6.45) is 2.22. The van der Waals surface area contributed by atoms with E-state index < -0.39 is 0 Å². The molecule has 2 aliphatic rings. The van der Waals surface area contributed by atoms with Crippen LogP contribution in [0.4, 0.5) is 5.69 Å². The van der Waals surface area contributed by atoms with Crippen LogP contribution in [0.2, 0.25) is 0 Å². The predicted molar refractivity (Wildman–Crippen MR) is 140 cm³/mol. The third kappa shape index (κ3) is 3.64. The highest BCUT2D eigenvalue weighted by atomic mass is 15.2. The molecule has 35 heavy (non-hydrogen) atoms. The lowest BCUT2D eigenvalue weighted by Gasteiger charge is -2.38. The molecule has 0 spiro atoms. The number of rotatable bonds is 2. The second-order valence-corrected chi connectivity index (χ2v) is 10.1. The van der Waals surface area contributed by atoms with Crippen molar-refractivity contribution in [3.8, 4) is 34.4 Å². The van der Waals surface area contributed by atoms with E-state index in [1.54, 1.807) is 0 Å². The summed E-state index contributed by atoms with van der Waals surface area (Å²) >= 11 is 0. The number of hydrogen-bond donors (Lipinski definition) is 1. The molecule has 6 heteroatoms. The molecular weight excluding hydrogens is 432 g/mol. The molecule has 4 heterocycles. The van der Waals surface area contributed by atoms with Crippen LogP contribution < -0.4 is 10.2 Å². The van der Waals surface area contributed by atoms with Crippen LogP contribution in [-0.2, 0) is 6.54 Å². The molecule has 4 aromatic rings. The van der Waals surface area contributed by atoms with Crippen molar-refractivity contribution in [2.24, 2.45) is 0 Å². The van der Waals surface area contributed by atoms with Gasteiger partial charge in [-0.3, -0.25) is 4.57 Å². The Morgan fingerprint density at radius 3 is 2.43 bits per heavy atom. The molecule has 2 aromatic heterocycles. The number of aromatic nitrogens is 3. The maximum atomic E-state index is 9.17. The number of benzene rings is 2. The van der Waals surface area contributed by atoms with Gasteiger partial charge in [-0.25, -0.2) is 4.98 Å². The van der Waals surface area contributed by atoms with Gasteiger partial charge in [-0.1, -0.05) is 12.1 Å². The van der Waals surface area contributed by atoms with E-state index in [1.807, 2.05) is 24.3 Å². The van der Waals surface area contributed by atoms with Gasteiger partial charge in [0.05, 0.1) is 28.7 Å². The molecule has 1 N–H and O–H groups in total. The number of nitrogens with zero attached hydrogens (tertiary/aromatic N) is 5. The Morgan fingerprint density at radius 2 is 1.71 bits per heavy atom. The first-order valence-electron chi connectivity index (χ1n) is 12.3. The van der Waals surface area contributed by atoms with E-state index in [0.29, 0.717) is 17.6 Å². The fourth-order valence-electron chi connectivity index (χ4n) is 5.64. The third-order valence-electron chi connectivity index (χ3n) is 7.38. The lowest BCUT2D eigenvalue weighted by Crippen LogP contribution is -2.54. The van der Waals surface area contributed by atoms with Crippen LogP contribution in [0.1, 0.15) is 36.4 Å². The van der Waals surface area contributed by atoms with Crippen LogP contribution in [0.5, 0.6) is 0 Å². The highest BCUT2D eigenvalue weighted by Gasteiger charge is 2.26. The van der Waals surface area contributed by atoms with Gasteiger partial charge in [0.25, 0.3) is 0 Å². The smallest absolute Gasteiger partial charge is 0.161 e. The van der Waals surface area contributed by atoms with Gasteiger partial charge in [-0.15, -0.1) is 0 Å². The van der Waals surface area contributed by atoms with Gasteiger partial charge in [0.15, 0.2) is 5.82 Å². The monoisotopic (exact) mass is 462 g/mol. The molecule has 0 radical (unpaired) electrons. The van der Waals surface area contributed by atoms with Crippen molar-refractivity contribution in [1.82, 2.24) is 19.4 Å². The molecule has 2 atom stereocenters. The van der Waals surface area contributed by atoms with Gasteiger partial charge in [0.1, 0.15) is 0 Å². The quantitative estimate of drug-likeness (QED) is 0.399. The molecule has 2 aliphatic heterocycles. The Hall–Kier alpha value is -3.82. The normalized spacial score (nSPS) is 18.9. The molecule has 1 fully saturated rings. The Balaban J connectivity index is 1.47. The van der Waals surface area contributed by atoms with E-state index in [1.165, 1.54) is 22.6 Å². The standard InChI is InChI=1S/C29H30N6/c1-18-14-33(15-19(2)31-18)26-9-10-27-25(11-26)17-34-16-24(23-7-5-22(13-30)6-8-23)12-28(34)29-32-20(3)21(4)35(27)29/h5-12,16,18-19,31H,14-15,17H2,1-4H3. The Kier molecular flexibility index (Phi) is 5.05. The Labute approximate surface area is 206 Å². The van der Waals surface area contributed by atoms with Crippen molar-refractivity contribution in [3.05, 3.63) is 77.2 Å². The predicted octanol–water partition coefficient (Wildman–Crippen LogP) is 5.04. The molecule has 2 unspecified atom stereocenters. The highest BCUT2D eigenvalue weighted by molar-refractivity contribution is 5.73. The molecule has 0 amide bonds. The van der Waals surface area contributed by atoms with Crippen molar-refractivity contribution in [1.29, 1.82) is 5.26 Å². The lowest BCUT2D eigenvalue weighted by molar-refractivity contribution is 0.407. The fourth-order valence-corrected chi connectivity index (χ4v) is 5.64. The summed E-state index contributed by atoms with van der Waals surface area (Å²) in [5.41, 5.74) is 10.0. The number of imidazole rings is 1. The number of piperazine rings is 1. The third-order valence-corrected chi connectivity index (χ3v) is 7.38. The van der Waals surface area contributed by atoms with Crippen LogP contribution in [0.25, 0.3) is 28.3 Å². The van der Waals surface area contributed by atoms with Crippen molar-refractivity contribution in [2.45, 2.75) is 46.3 Å². The molecule has 2 aromatic carbocycles. The zero-order valence-corrected chi connectivity index (χ0v) is 20.7. The van der Waals surface area contributed by atoms with Gasteiger partial charge >= 0.3 is 0 Å². The molecule has 0 bridgehead atoms. The van der Waals surface area contributed by atoms with Crippen molar-refractivity contribution < 1.29 is 0 Å². The van der Waals surface area contributed by atoms with Crippen LogP contribution in [-0.4, -0.2) is 39.3 Å². The van der Waals surface area contributed by atoms with Crippen molar-refractivity contribution in [2.75, 3.05) is 18.0 Å². The summed E-state index contributed by atoms with van der Waals surface area (Å²) in [5, 5.41) is 12.8. The highest BCUT2D eigenvalue weighted by Crippen LogP contribution is 2.37. The summed E-state index contributed by atoms with van der Waals surface area (Å²) in [6.45, 7) is 11.6. The van der Waals surface area contributed by atoms with Gasteiger partial charge in [0.2, 0.25) is 0 Å². The van der Waals surface area contributed by atoms with Gasteiger partial charge in [-0.2, -0.15) is 5.26 Å². The van der Waals surface area contributed by atoms with E-state index >= 15 is 0 Å². The molecule has 0 saturated carbocycles. The summed E-state index contributed by atoms with van der Waals surface area (Å²) in [7, 11) is 0. The second-order valence-electron chi connectivity index (χ2n) is 10.1. The topological polar surface area (TPSA) is 61.8 Å². The SMILES string of the molecule is Cc1nc2n(c1C)-c1ccc(N3CC(C)NC(C)C3)cc1Cn1cc(-c3ccc(C#N)cc3)cc1-2. The van der Waals surface area contributed by atoms with Crippen LogP contribution in [0, 0.1) is 25.2 Å². The van der Waals surface area contributed by atoms with Crippen molar-refractivity contribution in [3.63, 3.8) is 0 Å². The zero-order valence-electron chi connectivity index (χ0n) is 20.7. The summed E-state index contributed by atoms with van der Waals surface area (Å²) in [6, 6.07) is 20.1. The molecule has 6 rings (SSSR count). The number of nitriles is 1. The molecular formula is C29H30N6. The fraction of sp³-hybridized carbons (Fsp3) is 0.310. The Morgan fingerprint density at radius 1 is 0.971 bits per heavy atom. The molecule has 1 saturated heterocycles. The van der Waals surface area contributed by atoms with Crippen LogP contribution in [0.15, 0.2) is 54.7 Å². The first-order valence-corrected chi connectivity index (χ1v) is 12.3. The minimum Gasteiger partial charge on any atom is -0.368 e. The molecule has 176 valence electrons. The number of nitrogens with one attached hydrogen (secondary N) is 1. The molecule has 0 aliphatic carbocycles. The van der Waals surface area contributed by atoms with E-state index in [0.717, 1.165) is 48.0 Å². The minimum atomic E-state index is 0.466. The van der Waals surface area contributed by atoms with Gasteiger partial charge in [0, 0.05) is 54.9 Å². The largest absolute Gasteiger partial charge is 0.368 e. The van der Waals surface area contributed by atoms with Gasteiger partial charge in [-0.05, 0) is 75.2 Å². The average Bonchev–Trinajstić information content (AvgIpc) is 3.35. The van der Waals surface area contributed by atoms with Crippen LogP contribution >= 0.6 is 0 Å². The van der Waals surface area contributed by atoms with Gasteiger partial charge < -0.3 is 14.8 Å².